The van der Waals surface area contributed by atoms with E-state index in [-0.39, 0.29) is 0 Å². The molecule has 0 spiro atoms. The van der Waals surface area contributed by atoms with E-state index < -0.39 is 0 Å². The average molecular weight is 431 g/mol. The number of hydrogen-bond acceptors (Lipinski definition) is 6. The molecule has 166 valence electrons. The molecule has 0 aliphatic carbocycles. The summed E-state index contributed by atoms with van der Waals surface area (Å²) in [5, 5.41) is 7.41. The van der Waals surface area contributed by atoms with Gasteiger partial charge in [0.05, 0.1) is 24.5 Å². The first-order valence-electron chi connectivity index (χ1n) is 10.9. The largest absolute Gasteiger partial charge is 0.457 e. The molecule has 32 heavy (non-hydrogen) atoms. The maximum Gasteiger partial charge on any atom is 0.134 e. The van der Waals surface area contributed by atoms with Crippen molar-refractivity contribution in [2.24, 2.45) is 9.98 Å². The Bertz CT molecular complexity index is 1190. The zero-order valence-corrected chi connectivity index (χ0v) is 18.6. The molecule has 5 N–H and O–H groups in total. The second-order valence-corrected chi connectivity index (χ2v) is 7.77. The van der Waals surface area contributed by atoms with Gasteiger partial charge in [0.25, 0.3) is 0 Å². The number of rotatable bonds is 9. The molecule has 7 heteroatoms. The number of aromatic amines is 1. The number of anilines is 1. The highest BCUT2D eigenvalue weighted by molar-refractivity contribution is 5.90. The summed E-state index contributed by atoms with van der Waals surface area (Å²) in [7, 11) is 1.92. The van der Waals surface area contributed by atoms with Crippen molar-refractivity contribution in [3.05, 3.63) is 58.6 Å². The summed E-state index contributed by atoms with van der Waals surface area (Å²) in [5.74, 6) is 1.81. The molecule has 0 unspecified atom stereocenters. The normalized spacial score (nSPS) is 14.4. The summed E-state index contributed by atoms with van der Waals surface area (Å²) in [5.41, 5.74) is 11.9. The van der Waals surface area contributed by atoms with Crippen molar-refractivity contribution in [3.63, 3.8) is 0 Å². The van der Waals surface area contributed by atoms with E-state index in [1.165, 1.54) is 0 Å². The van der Waals surface area contributed by atoms with Crippen LogP contribution in [0.25, 0.3) is 29.2 Å². The van der Waals surface area contributed by atoms with Crippen LogP contribution in [0.4, 0.5) is 5.69 Å². The number of benzene rings is 1. The fourth-order valence-corrected chi connectivity index (χ4v) is 3.66. The maximum absolute atomic E-state index is 6.40. The van der Waals surface area contributed by atoms with Gasteiger partial charge in [-0.3, -0.25) is 9.98 Å². The molecule has 2 aromatic heterocycles. The third-order valence-electron chi connectivity index (χ3n) is 5.35. The topological polar surface area (TPSA) is 104 Å². The van der Waals surface area contributed by atoms with Crippen LogP contribution >= 0.6 is 0 Å². The number of nitrogens with one attached hydrogen (secondary N) is 3. The number of H-pyrrole nitrogens is 1. The molecule has 0 saturated carbocycles. The molecule has 0 saturated heterocycles. The number of amidine groups is 1. The van der Waals surface area contributed by atoms with Gasteiger partial charge in [0, 0.05) is 42.4 Å². The van der Waals surface area contributed by atoms with Gasteiger partial charge in [0.15, 0.2) is 0 Å². The van der Waals surface area contributed by atoms with Crippen LogP contribution in [0.15, 0.2) is 44.7 Å². The van der Waals surface area contributed by atoms with Crippen LogP contribution in [-0.2, 0) is 0 Å². The van der Waals surface area contributed by atoms with E-state index >= 15 is 0 Å². The molecule has 0 fully saturated rings. The van der Waals surface area contributed by atoms with Gasteiger partial charge in [-0.05, 0) is 56.0 Å². The van der Waals surface area contributed by atoms with E-state index in [0.717, 1.165) is 83.4 Å². The average Bonchev–Trinajstić information content (AvgIpc) is 3.51. The minimum atomic E-state index is 0.729. The predicted molar refractivity (Wildman–Crippen MR) is 135 cm³/mol. The van der Waals surface area contributed by atoms with E-state index in [1.807, 2.05) is 50.5 Å². The highest BCUT2D eigenvalue weighted by atomic mass is 16.3. The molecule has 1 aliphatic heterocycles. The second kappa shape index (κ2) is 10.2. The van der Waals surface area contributed by atoms with Crippen molar-refractivity contribution in [3.8, 4) is 0 Å². The summed E-state index contributed by atoms with van der Waals surface area (Å²) in [6, 6.07) is 8.10. The number of furan rings is 1. The lowest BCUT2D eigenvalue weighted by Gasteiger charge is -1.97. The number of nitrogens with two attached hydrogens (primary N) is 1. The zero-order chi connectivity index (χ0) is 22.3. The van der Waals surface area contributed by atoms with E-state index in [4.69, 9.17) is 10.2 Å². The van der Waals surface area contributed by atoms with Crippen molar-refractivity contribution in [2.45, 2.75) is 13.3 Å². The van der Waals surface area contributed by atoms with Gasteiger partial charge in [0.1, 0.15) is 17.2 Å². The number of aliphatic imine (C=N–C) groups is 2. The van der Waals surface area contributed by atoms with Crippen LogP contribution in [0, 0.1) is 6.92 Å². The minimum absolute atomic E-state index is 0.729. The van der Waals surface area contributed by atoms with E-state index in [2.05, 4.69) is 43.8 Å². The lowest BCUT2D eigenvalue weighted by atomic mass is 10.1. The van der Waals surface area contributed by atoms with Crippen LogP contribution in [0.5, 0.6) is 0 Å². The summed E-state index contributed by atoms with van der Waals surface area (Å²) in [6.45, 7) is 5.44. The Morgan fingerprint density at radius 3 is 2.97 bits per heavy atom. The molecule has 3 aromatic rings. The highest BCUT2D eigenvalue weighted by Gasteiger charge is 2.09. The lowest BCUT2D eigenvalue weighted by molar-refractivity contribution is 0.604. The molecule has 0 bridgehead atoms. The number of fused-ring (bicyclic) bond motifs is 1. The Morgan fingerprint density at radius 2 is 2.16 bits per heavy atom. The number of nitrogens with zero attached hydrogens (tertiary/aromatic N) is 2. The van der Waals surface area contributed by atoms with E-state index in [0.29, 0.717) is 0 Å². The van der Waals surface area contributed by atoms with E-state index in [1.54, 1.807) is 0 Å². The number of aromatic nitrogens is 1. The molecule has 0 atom stereocenters. The zero-order valence-electron chi connectivity index (χ0n) is 18.6. The first-order valence-corrected chi connectivity index (χ1v) is 10.9. The van der Waals surface area contributed by atoms with Crippen LogP contribution in [0.2, 0.25) is 0 Å². The Kier molecular flexibility index (Phi) is 6.87. The molecule has 7 nitrogen and oxygen atoms in total. The van der Waals surface area contributed by atoms with Gasteiger partial charge in [-0.15, -0.1) is 0 Å². The Balaban J connectivity index is 1.46. The molecule has 0 radical (unpaired) electrons. The number of hydrogen-bond donors (Lipinski definition) is 4. The van der Waals surface area contributed by atoms with Gasteiger partial charge in [-0.25, -0.2) is 0 Å². The minimum Gasteiger partial charge on any atom is -0.457 e. The summed E-state index contributed by atoms with van der Waals surface area (Å²) in [4.78, 5) is 12.2. The number of aryl methyl sites for hydroxylation is 1. The van der Waals surface area contributed by atoms with Crippen LogP contribution in [0.1, 0.15) is 34.7 Å². The van der Waals surface area contributed by atoms with Gasteiger partial charge >= 0.3 is 0 Å². The van der Waals surface area contributed by atoms with Crippen LogP contribution in [-0.4, -0.2) is 50.3 Å². The van der Waals surface area contributed by atoms with E-state index in [9.17, 15) is 0 Å². The molecular formula is C25H30N6O. The molecule has 1 aromatic carbocycles. The van der Waals surface area contributed by atoms with Crippen molar-refractivity contribution in [1.82, 2.24) is 15.6 Å². The Labute approximate surface area is 188 Å². The van der Waals surface area contributed by atoms with Crippen molar-refractivity contribution in [1.29, 1.82) is 0 Å². The molecule has 1 aliphatic rings. The van der Waals surface area contributed by atoms with Crippen LogP contribution < -0.4 is 16.4 Å². The van der Waals surface area contributed by atoms with Crippen molar-refractivity contribution < 1.29 is 4.42 Å². The highest BCUT2D eigenvalue weighted by Crippen LogP contribution is 2.26. The third kappa shape index (κ3) is 5.18. The first-order chi connectivity index (χ1) is 15.6. The number of nitrogen functional groups attached to an aromatic ring is 1. The second-order valence-electron chi connectivity index (χ2n) is 7.77. The fraction of sp³-hybridized carbons (Fsp3) is 0.280. The molecule has 0 amide bonds. The lowest BCUT2D eigenvalue weighted by Crippen LogP contribution is -2.17. The van der Waals surface area contributed by atoms with Gasteiger partial charge in [-0.2, -0.15) is 0 Å². The monoisotopic (exact) mass is 430 g/mol. The quantitative estimate of drug-likeness (QED) is 0.306. The Hall–Kier alpha value is -3.58. The SMILES string of the molecule is CNCCN=Cc1ccc2oc(/C=C/c3[nH]c(C)c(/C=C\CC4=NCCN4)c3N)cc2c1. The van der Waals surface area contributed by atoms with Crippen molar-refractivity contribution in [2.75, 3.05) is 39.0 Å². The summed E-state index contributed by atoms with van der Waals surface area (Å²) in [6.07, 6.45) is 10.7. The fourth-order valence-electron chi connectivity index (χ4n) is 3.66. The smallest absolute Gasteiger partial charge is 0.134 e. The van der Waals surface area contributed by atoms with Crippen LogP contribution in [0.3, 0.4) is 0 Å². The maximum atomic E-state index is 6.40. The predicted octanol–water partition coefficient (Wildman–Crippen LogP) is 3.87. The molecule has 4 rings (SSSR count). The summed E-state index contributed by atoms with van der Waals surface area (Å²) >= 11 is 0. The number of likely N-dealkylation sites (N-methyl/N-ethyl adjacent to an activating group) is 1. The standard InChI is InChI=1S/C25H30N6O/c1-17-21(4-3-5-24-29-12-13-30-24)25(26)22(31-17)8-7-20-15-19-14-18(6-9-23(19)32-20)16-28-11-10-27-2/h3-4,6-9,14-16,27,31H,5,10-13,26H2,1-2H3,(H,29,30)/b4-3-,8-7+,28-16?. The molecular weight excluding hydrogens is 400 g/mol. The first kappa shape index (κ1) is 21.6. The van der Waals surface area contributed by atoms with Gasteiger partial charge in [-0.1, -0.05) is 12.2 Å². The summed E-state index contributed by atoms with van der Waals surface area (Å²) < 4.78 is 5.96. The third-order valence-corrected chi connectivity index (χ3v) is 5.35. The molecule has 3 heterocycles. The van der Waals surface area contributed by atoms with Gasteiger partial charge in [0.2, 0.25) is 0 Å². The van der Waals surface area contributed by atoms with Crippen molar-refractivity contribution >= 4 is 46.9 Å². The Morgan fingerprint density at radius 1 is 1.25 bits per heavy atom. The van der Waals surface area contributed by atoms with Gasteiger partial charge < -0.3 is 25.8 Å².